The van der Waals surface area contributed by atoms with Crippen LogP contribution in [0.4, 0.5) is 0 Å². The first-order valence-electron chi connectivity index (χ1n) is 24.8. The number of methoxy groups -OCH3 is 2. The quantitative estimate of drug-likeness (QED) is 0.0335. The lowest BCUT2D eigenvalue weighted by Crippen LogP contribution is -2.41. The highest BCUT2D eigenvalue weighted by Gasteiger charge is 2.41. The number of carbonyl (C=O) groups is 12. The summed E-state index contributed by atoms with van der Waals surface area (Å²) in [5, 5.41) is 10.9. The van der Waals surface area contributed by atoms with E-state index in [4.69, 9.17) is 22.3 Å². The maximum atomic E-state index is 12.7. The fourth-order valence-corrected chi connectivity index (χ4v) is 9.36. The summed E-state index contributed by atoms with van der Waals surface area (Å²) in [6.45, 7) is 5.15. The Morgan fingerprint density at radius 3 is 0.889 bits per heavy atom. The molecule has 6 fully saturated rings. The van der Waals surface area contributed by atoms with Crippen molar-refractivity contribution in [1.29, 1.82) is 0 Å². The molecule has 0 aromatic heterocycles. The minimum absolute atomic E-state index is 0.0395. The molecule has 6 heterocycles. The number of likely N-dealkylation sites (tertiary alicyclic amines) is 6. The number of nitrogens with two attached hydrogens (primary N) is 2. The van der Waals surface area contributed by atoms with Crippen LogP contribution in [0.3, 0.4) is 0 Å². The summed E-state index contributed by atoms with van der Waals surface area (Å²) in [5.41, 5.74) is 10.7. The molecule has 27 heteroatoms. The van der Waals surface area contributed by atoms with Crippen molar-refractivity contribution < 1.29 is 68.4 Å². The van der Waals surface area contributed by atoms with Gasteiger partial charge in [-0.05, 0) is 4.91 Å². The van der Waals surface area contributed by atoms with Gasteiger partial charge in [0.1, 0.15) is 0 Å². The van der Waals surface area contributed by atoms with Gasteiger partial charge in [-0.15, -0.1) is 0 Å². The summed E-state index contributed by atoms with van der Waals surface area (Å²) >= 11 is 1.96. The van der Waals surface area contributed by atoms with Crippen LogP contribution in [-0.4, -0.2) is 237 Å². The number of alkyl halides is 1. The number of hydrogen-bond donors (Lipinski definition) is 6. The Bertz CT molecular complexity index is 1900. The summed E-state index contributed by atoms with van der Waals surface area (Å²) in [6.07, 6.45) is 0.593. The van der Waals surface area contributed by atoms with Crippen LogP contribution < -0.4 is 32.7 Å². The van der Waals surface area contributed by atoms with Gasteiger partial charge in [-0.2, -0.15) is 0 Å². The van der Waals surface area contributed by atoms with E-state index in [0.29, 0.717) is 57.3 Å². The van der Waals surface area contributed by atoms with E-state index in [1.165, 1.54) is 33.8 Å². The van der Waals surface area contributed by atoms with Gasteiger partial charge < -0.3 is 71.6 Å². The average Bonchev–Trinajstić information content (AvgIpc) is 4.25. The number of nitrogens with one attached hydrogen (secondary N) is 4. The molecule has 0 aromatic carbocycles. The lowest BCUT2D eigenvalue weighted by atomic mass is 10.1. The predicted molar refractivity (Wildman–Crippen MR) is 262 cm³/mol. The molecule has 0 spiro atoms. The minimum atomic E-state index is -0.558. The van der Waals surface area contributed by atoms with Crippen LogP contribution >= 0.6 is 22.6 Å². The van der Waals surface area contributed by atoms with E-state index in [2.05, 4.69) is 21.3 Å². The van der Waals surface area contributed by atoms with Crippen LogP contribution in [0.25, 0.3) is 0 Å². The monoisotopic (exact) mass is 1130 g/mol. The molecule has 10 amide bonds. The Morgan fingerprint density at radius 1 is 0.444 bits per heavy atom. The SMILES string of the molecule is COC(=O)C1CC(=O)N(CCNC(=O)C2CC(=O)N(CCN3CC(C(=O)NCCN4CC(C(=O)OC)CC4=O)CC3=O)C2)C1.NCCNC(=O)C1CC(=O)N(CCN2CC(C(=O)NCCN)CC2=O)C1.[2H]CI. The molecule has 0 aromatic rings. The number of carbonyl (C=O) groups excluding carboxylic acids is 12. The number of esters is 2. The Hall–Kier alpha value is -5.71. The normalized spacial score (nSPS) is 23.9. The zero-order valence-corrected chi connectivity index (χ0v) is 43.2. The molecule has 8 N–H and O–H groups in total. The third kappa shape index (κ3) is 16.7. The summed E-state index contributed by atoms with van der Waals surface area (Å²) in [5.74, 6) is -5.65. The van der Waals surface area contributed by atoms with Crippen molar-refractivity contribution in [1.82, 2.24) is 50.7 Å². The van der Waals surface area contributed by atoms with Crippen LogP contribution in [0.1, 0.15) is 39.9 Å². The number of halogens is 1. The molecule has 0 radical (unpaired) electrons. The van der Waals surface area contributed by atoms with Gasteiger partial charge in [0, 0.05) is 158 Å². The minimum Gasteiger partial charge on any atom is -0.469 e. The number of amides is 10. The maximum absolute atomic E-state index is 12.7. The predicted octanol–water partition coefficient (Wildman–Crippen LogP) is -5.16. The molecule has 26 nitrogen and oxygen atoms in total. The van der Waals surface area contributed by atoms with Crippen molar-refractivity contribution in [2.24, 2.45) is 47.0 Å². The van der Waals surface area contributed by atoms with E-state index in [1.807, 2.05) is 22.6 Å². The standard InChI is InChI=1S/C28H40N6O10.C16H28N6O4.CH3I/c1-43-27(41)19-11-23(37)31(15-19)5-3-29-25(39)17-9-21(35)33(13-17)7-8-34-14-18(10-22(34)36)26(40)30-4-6-32-16-20(12-24(32)38)28(42)44-2;17-1-3-19-15(25)11-7-13(23)21(9-11)5-6-22-10-12(8-14(22)24)16(26)20-4-2-18;1-2/h17-20H,3-16H2,1-2H3,(H,29,39)(H,30,40);11-12H,1-10,17-18H2,(H,19,25)(H,20,26);1H3/i;;1D. The van der Waals surface area contributed by atoms with Crippen molar-refractivity contribution >= 4 is 93.6 Å². The second-order valence-corrected chi connectivity index (χ2v) is 18.2. The van der Waals surface area contributed by atoms with E-state index in [9.17, 15) is 57.5 Å². The second-order valence-electron chi connectivity index (χ2n) is 18.2. The lowest BCUT2D eigenvalue weighted by molar-refractivity contribution is -0.145. The molecule has 0 saturated carbocycles. The summed E-state index contributed by atoms with van der Waals surface area (Å²) in [7, 11) is 2.55. The Kier molecular flexibility index (Phi) is 23.1. The van der Waals surface area contributed by atoms with E-state index >= 15 is 0 Å². The van der Waals surface area contributed by atoms with Crippen LogP contribution in [-0.2, 0) is 67.0 Å². The van der Waals surface area contributed by atoms with Gasteiger partial charge in [0.05, 0.1) is 49.7 Å². The second kappa shape index (κ2) is 29.1. The molecule has 402 valence electrons. The Morgan fingerprint density at radius 2 is 0.653 bits per heavy atom. The molecule has 6 aliphatic rings. The third-order valence-corrected chi connectivity index (χ3v) is 13.4. The largest absolute Gasteiger partial charge is 0.469 e. The summed E-state index contributed by atoms with van der Waals surface area (Å²) in [6, 6.07) is 0. The molecular formula is C45H71IN12O14. The Labute approximate surface area is 433 Å². The van der Waals surface area contributed by atoms with Crippen molar-refractivity contribution in [3.63, 3.8) is 0 Å². The molecular weight excluding hydrogens is 1060 g/mol. The molecule has 6 rings (SSSR count). The van der Waals surface area contributed by atoms with Crippen molar-refractivity contribution in [2.75, 3.05) is 137 Å². The maximum Gasteiger partial charge on any atom is 0.310 e. The fourth-order valence-electron chi connectivity index (χ4n) is 9.36. The Balaban J connectivity index is 0.000000338. The van der Waals surface area contributed by atoms with E-state index in [-0.39, 0.29) is 175 Å². The van der Waals surface area contributed by atoms with Gasteiger partial charge in [0.15, 0.2) is 0 Å². The number of rotatable bonds is 22. The molecule has 72 heavy (non-hydrogen) atoms. The van der Waals surface area contributed by atoms with E-state index in [0.717, 1.165) is 0 Å². The molecule has 0 bridgehead atoms. The van der Waals surface area contributed by atoms with Crippen LogP contribution in [0.5, 0.6) is 0 Å². The average molecular weight is 1130 g/mol. The van der Waals surface area contributed by atoms with Crippen molar-refractivity contribution in [2.45, 2.75) is 38.5 Å². The number of ether oxygens (including phenoxy) is 2. The smallest absolute Gasteiger partial charge is 0.310 e. The molecule has 6 atom stereocenters. The number of hydrogen-bond acceptors (Lipinski definition) is 16. The van der Waals surface area contributed by atoms with Crippen LogP contribution in [0.2, 0.25) is 0 Å². The zero-order valence-electron chi connectivity index (χ0n) is 42.1. The first-order chi connectivity index (χ1) is 34.9. The van der Waals surface area contributed by atoms with Gasteiger partial charge >= 0.3 is 11.9 Å². The summed E-state index contributed by atoms with van der Waals surface area (Å²) in [4.78, 5) is 156. The molecule has 6 saturated heterocycles. The van der Waals surface area contributed by atoms with Gasteiger partial charge in [0.2, 0.25) is 59.1 Å². The number of nitrogens with zero attached hydrogens (tertiary/aromatic N) is 6. The fraction of sp³-hybridized carbons (Fsp3) is 0.733. The van der Waals surface area contributed by atoms with Crippen molar-refractivity contribution in [3.8, 4) is 0 Å². The van der Waals surface area contributed by atoms with Gasteiger partial charge in [-0.3, -0.25) is 57.5 Å². The van der Waals surface area contributed by atoms with E-state index < -0.39 is 35.6 Å². The molecule has 0 aliphatic carbocycles. The highest BCUT2D eigenvalue weighted by Crippen LogP contribution is 2.24. The van der Waals surface area contributed by atoms with Gasteiger partial charge in [0.25, 0.3) is 0 Å². The first kappa shape index (κ1) is 57.2. The third-order valence-electron chi connectivity index (χ3n) is 13.4. The van der Waals surface area contributed by atoms with Crippen LogP contribution in [0, 0.1) is 35.5 Å². The summed E-state index contributed by atoms with van der Waals surface area (Å²) < 4.78 is 15.6. The highest BCUT2D eigenvalue weighted by molar-refractivity contribution is 14.1. The first-order valence-corrected chi connectivity index (χ1v) is 25.6. The zero-order chi connectivity index (χ0) is 53.8. The molecule has 6 unspecified atom stereocenters. The molecule has 6 aliphatic heterocycles. The lowest BCUT2D eigenvalue weighted by Gasteiger charge is -2.22. The van der Waals surface area contributed by atoms with Crippen molar-refractivity contribution in [3.05, 3.63) is 0 Å². The van der Waals surface area contributed by atoms with Gasteiger partial charge in [-0.1, -0.05) is 22.6 Å². The van der Waals surface area contributed by atoms with E-state index in [1.54, 1.807) is 9.80 Å². The topological polar surface area (TPSA) is 343 Å². The van der Waals surface area contributed by atoms with Crippen LogP contribution in [0.15, 0.2) is 0 Å². The van der Waals surface area contributed by atoms with Gasteiger partial charge in [-0.25, -0.2) is 0 Å². The highest BCUT2D eigenvalue weighted by atomic mass is 127.